The highest BCUT2D eigenvalue weighted by Gasteiger charge is 2.35. The molecule has 3 aromatic carbocycles. The predicted molar refractivity (Wildman–Crippen MR) is 192 cm³/mol. The van der Waals surface area contributed by atoms with Crippen molar-refractivity contribution in [1.29, 1.82) is 0 Å². The van der Waals surface area contributed by atoms with Gasteiger partial charge in [0.2, 0.25) is 12.7 Å². The minimum atomic E-state index is -1.56. The molecule has 4 aliphatic rings. The van der Waals surface area contributed by atoms with Crippen LogP contribution in [0.2, 0.25) is 0 Å². The van der Waals surface area contributed by atoms with E-state index in [-0.39, 0.29) is 69.0 Å². The van der Waals surface area contributed by atoms with Crippen LogP contribution in [-0.4, -0.2) is 65.9 Å². The number of carbonyl (C=O) groups excluding carboxylic acids is 3. The Labute approximate surface area is 306 Å². The minimum Gasteiger partial charge on any atom is -0.458 e. The molecule has 1 unspecified atom stereocenters. The van der Waals surface area contributed by atoms with Gasteiger partial charge in [0.25, 0.3) is 5.56 Å². The summed E-state index contributed by atoms with van der Waals surface area (Å²) in [7, 11) is 0. The zero-order chi connectivity index (χ0) is 36.9. The van der Waals surface area contributed by atoms with Gasteiger partial charge in [-0.3, -0.25) is 9.59 Å². The van der Waals surface area contributed by atoms with Crippen molar-refractivity contribution >= 4 is 34.9 Å². The van der Waals surface area contributed by atoms with Crippen molar-refractivity contribution in [3.63, 3.8) is 0 Å². The average molecular weight is 729 g/mol. The normalized spacial score (nSPS) is 16.0. The number of cyclic esters (lactones) is 1. The van der Waals surface area contributed by atoms with Gasteiger partial charge in [-0.25, -0.2) is 14.6 Å². The quantitative estimate of drug-likeness (QED) is 0.112. The molecule has 1 atom stereocenters. The molecule has 2 aromatic heterocycles. The predicted octanol–water partition coefficient (Wildman–Crippen LogP) is 3.89. The third kappa shape index (κ3) is 5.72. The molecule has 9 rings (SSSR count). The number of hydrogen-bond donors (Lipinski definition) is 3. The van der Waals surface area contributed by atoms with Gasteiger partial charge in [0.05, 0.1) is 35.6 Å². The van der Waals surface area contributed by atoms with Gasteiger partial charge in [-0.15, -0.1) is 0 Å². The number of aromatic nitrogens is 2. The van der Waals surface area contributed by atoms with E-state index in [1.807, 2.05) is 48.5 Å². The van der Waals surface area contributed by atoms with E-state index >= 15 is 0 Å². The molecule has 3 N–H and O–H groups in total. The third-order valence-electron chi connectivity index (χ3n) is 10.1. The van der Waals surface area contributed by atoms with Crippen LogP contribution in [0.1, 0.15) is 45.4 Å². The van der Waals surface area contributed by atoms with Crippen LogP contribution < -0.4 is 25.7 Å². The highest BCUT2D eigenvalue weighted by atomic mass is 16.7. The zero-order valence-electron chi connectivity index (χ0n) is 28.6. The SMILES string of the molecule is O=C(CNC(=O)OCC1c2ccccc2-c2ccccc21)NCOC/C=C/c1c2c(nc3cc4c(cc13)OCO4)-c1cc3c(c(=O)n1C2)COC(=O)C3O. The first kappa shape index (κ1) is 33.3. The summed E-state index contributed by atoms with van der Waals surface area (Å²) in [5, 5.41) is 16.4. The number of pyridine rings is 2. The lowest BCUT2D eigenvalue weighted by Gasteiger charge is -2.21. The van der Waals surface area contributed by atoms with Gasteiger partial charge in [-0.05, 0) is 39.9 Å². The summed E-state index contributed by atoms with van der Waals surface area (Å²) in [5.74, 6) is -0.254. The fourth-order valence-electron chi connectivity index (χ4n) is 7.53. The molecular weight excluding hydrogens is 696 g/mol. The number of nitrogens with zero attached hydrogens (tertiary/aromatic N) is 2. The summed E-state index contributed by atoms with van der Waals surface area (Å²) < 4.78 is 28.9. The lowest BCUT2D eigenvalue weighted by Crippen LogP contribution is -2.38. The van der Waals surface area contributed by atoms with E-state index in [4.69, 9.17) is 28.7 Å². The first-order chi connectivity index (χ1) is 26.4. The molecule has 0 bridgehead atoms. The van der Waals surface area contributed by atoms with Gasteiger partial charge in [0, 0.05) is 28.5 Å². The molecular formula is C40H32N4O10. The van der Waals surface area contributed by atoms with Crippen LogP contribution in [0.3, 0.4) is 0 Å². The van der Waals surface area contributed by atoms with E-state index in [1.54, 1.807) is 22.8 Å². The Bertz CT molecular complexity index is 2450. The number of benzene rings is 3. The van der Waals surface area contributed by atoms with Crippen LogP contribution in [0.4, 0.5) is 4.79 Å². The fraction of sp³-hybridized carbons (Fsp3) is 0.225. The van der Waals surface area contributed by atoms with Crippen LogP contribution in [0.5, 0.6) is 11.5 Å². The lowest BCUT2D eigenvalue weighted by atomic mass is 9.98. The summed E-state index contributed by atoms with van der Waals surface area (Å²) in [6.07, 6.45) is 1.36. The van der Waals surface area contributed by atoms with Crippen LogP contribution in [-0.2, 0) is 37.0 Å². The summed E-state index contributed by atoms with van der Waals surface area (Å²) in [5.41, 5.74) is 7.63. The number of alkyl carbamates (subject to hydrolysis) is 1. The smallest absolute Gasteiger partial charge is 0.407 e. The average Bonchev–Trinajstić information content (AvgIpc) is 3.89. The number of aliphatic hydroxyl groups is 1. The number of amides is 2. The molecule has 0 saturated carbocycles. The van der Waals surface area contributed by atoms with Crippen molar-refractivity contribution in [2.24, 2.45) is 0 Å². The molecule has 5 heterocycles. The van der Waals surface area contributed by atoms with Crippen molar-refractivity contribution in [3.05, 3.63) is 117 Å². The number of ether oxygens (including phenoxy) is 5. The number of rotatable bonds is 9. The molecule has 0 fully saturated rings. The van der Waals surface area contributed by atoms with Crippen LogP contribution in [0.25, 0.3) is 39.5 Å². The summed E-state index contributed by atoms with van der Waals surface area (Å²) in [6.45, 7) is -0.0817. The Morgan fingerprint density at radius 3 is 2.44 bits per heavy atom. The zero-order valence-corrected chi connectivity index (χ0v) is 28.6. The third-order valence-corrected chi connectivity index (χ3v) is 10.1. The van der Waals surface area contributed by atoms with Gasteiger partial charge < -0.3 is 44.0 Å². The molecule has 0 saturated heterocycles. The minimum absolute atomic E-state index is 0.0790. The topological polar surface area (TPSA) is 177 Å². The Balaban J connectivity index is 0.831. The monoisotopic (exact) mass is 728 g/mol. The van der Waals surface area contributed by atoms with Crippen molar-refractivity contribution in [3.8, 4) is 34.0 Å². The molecule has 3 aliphatic heterocycles. The maximum atomic E-state index is 13.5. The number of fused-ring (bicyclic) bond motifs is 9. The lowest BCUT2D eigenvalue weighted by molar-refractivity contribution is -0.157. The van der Waals surface area contributed by atoms with Crippen LogP contribution in [0.15, 0.2) is 77.6 Å². The van der Waals surface area contributed by atoms with E-state index < -0.39 is 24.1 Å². The molecule has 2 amide bonds. The first-order valence-corrected chi connectivity index (χ1v) is 17.3. The molecule has 14 heteroatoms. The number of nitrogens with one attached hydrogen (secondary N) is 2. The van der Waals surface area contributed by atoms with Gasteiger partial charge in [-0.1, -0.05) is 60.7 Å². The highest BCUT2D eigenvalue weighted by Crippen LogP contribution is 2.45. The Morgan fingerprint density at radius 1 is 0.926 bits per heavy atom. The molecule has 0 radical (unpaired) electrons. The van der Waals surface area contributed by atoms with Crippen molar-refractivity contribution in [2.75, 3.05) is 33.3 Å². The highest BCUT2D eigenvalue weighted by molar-refractivity contribution is 5.95. The molecule has 14 nitrogen and oxygen atoms in total. The van der Waals surface area contributed by atoms with Gasteiger partial charge in [0.15, 0.2) is 17.6 Å². The maximum Gasteiger partial charge on any atom is 0.407 e. The number of aliphatic hydroxyl groups excluding tert-OH is 1. The van der Waals surface area contributed by atoms with Crippen LogP contribution in [0, 0.1) is 0 Å². The summed E-state index contributed by atoms with van der Waals surface area (Å²) in [6, 6.07) is 21.3. The second kappa shape index (κ2) is 13.5. The molecule has 54 heavy (non-hydrogen) atoms. The largest absolute Gasteiger partial charge is 0.458 e. The van der Waals surface area contributed by atoms with E-state index in [1.165, 1.54) is 0 Å². The van der Waals surface area contributed by atoms with E-state index in [9.17, 15) is 24.3 Å². The summed E-state index contributed by atoms with van der Waals surface area (Å²) >= 11 is 0. The standard InChI is InChI=1S/C40H32N4O10/c45-35(15-41-40(49)52-17-29-23-8-3-1-6-21(23)22-7-2-4-9-24(22)29)42-19-50-11-5-10-25-26-13-33-34(54-20-53-33)14-31(26)43-36-28(25)16-44-32(36)12-27-30(38(44)47)18-51-39(48)37(27)46/h1-10,12-14,29,37,46H,11,15-20H2,(H,41,49)(H,42,45)/b10-5+. The van der Waals surface area contributed by atoms with Gasteiger partial charge >= 0.3 is 12.1 Å². The number of esters is 1. The van der Waals surface area contributed by atoms with Crippen LogP contribution >= 0.6 is 0 Å². The maximum absolute atomic E-state index is 13.5. The number of hydrogen-bond acceptors (Lipinski definition) is 11. The fourth-order valence-corrected chi connectivity index (χ4v) is 7.53. The van der Waals surface area contributed by atoms with Gasteiger partial charge in [0.1, 0.15) is 26.5 Å². The second-order valence-electron chi connectivity index (χ2n) is 13.1. The first-order valence-electron chi connectivity index (χ1n) is 17.3. The van der Waals surface area contributed by atoms with E-state index in [0.717, 1.165) is 38.8 Å². The van der Waals surface area contributed by atoms with Gasteiger partial charge in [-0.2, -0.15) is 0 Å². The molecule has 0 spiro atoms. The summed E-state index contributed by atoms with van der Waals surface area (Å²) in [4.78, 5) is 55.4. The Hall–Kier alpha value is -6.51. The number of carbonyl (C=O) groups is 3. The van der Waals surface area contributed by atoms with E-state index in [0.29, 0.717) is 28.4 Å². The Morgan fingerprint density at radius 2 is 1.67 bits per heavy atom. The van der Waals surface area contributed by atoms with Crippen molar-refractivity contribution < 1.29 is 43.2 Å². The van der Waals surface area contributed by atoms with E-state index in [2.05, 4.69) is 22.8 Å². The second-order valence-corrected chi connectivity index (χ2v) is 13.1. The molecule has 1 aliphatic carbocycles. The van der Waals surface area contributed by atoms with Crippen molar-refractivity contribution in [2.45, 2.75) is 25.2 Å². The molecule has 272 valence electrons. The molecule has 5 aromatic rings. The Kier molecular flexibility index (Phi) is 8.32. The van der Waals surface area contributed by atoms with Crippen molar-refractivity contribution in [1.82, 2.24) is 20.2 Å².